The zero-order chi connectivity index (χ0) is 14.6. The van der Waals surface area contributed by atoms with E-state index in [1.54, 1.807) is 0 Å². The fourth-order valence-electron chi connectivity index (χ4n) is 1.98. The van der Waals surface area contributed by atoms with Crippen molar-refractivity contribution in [1.29, 1.82) is 0 Å². The van der Waals surface area contributed by atoms with Crippen LogP contribution in [-0.2, 0) is 4.79 Å². The molecule has 0 aliphatic heterocycles. The van der Waals surface area contributed by atoms with Crippen LogP contribution in [0.1, 0.15) is 29.6 Å². The third-order valence-electron chi connectivity index (χ3n) is 3.40. The van der Waals surface area contributed by atoms with Crippen LogP contribution < -0.4 is 10.6 Å². The lowest BCUT2D eigenvalue weighted by Gasteiger charge is -2.36. The van der Waals surface area contributed by atoms with Gasteiger partial charge in [-0.1, -0.05) is 6.07 Å². The molecule has 0 heterocycles. The van der Waals surface area contributed by atoms with Crippen LogP contribution in [0.3, 0.4) is 0 Å². The summed E-state index contributed by atoms with van der Waals surface area (Å²) in [5.41, 5.74) is -0.627. The van der Waals surface area contributed by atoms with E-state index in [-0.39, 0.29) is 24.6 Å². The molecule has 108 valence electrons. The summed E-state index contributed by atoms with van der Waals surface area (Å²) in [6, 6.07) is 5.23. The van der Waals surface area contributed by atoms with Crippen molar-refractivity contribution in [2.45, 2.75) is 24.9 Å². The molecule has 0 spiro atoms. The topological polar surface area (TPSA) is 78.4 Å². The molecule has 0 aromatic heterocycles. The summed E-state index contributed by atoms with van der Waals surface area (Å²) >= 11 is 0. The predicted molar refractivity (Wildman–Crippen MR) is 70.5 cm³/mol. The van der Waals surface area contributed by atoms with Crippen molar-refractivity contribution in [1.82, 2.24) is 10.6 Å². The quantitative estimate of drug-likeness (QED) is 0.738. The van der Waals surface area contributed by atoms with E-state index < -0.39 is 17.3 Å². The summed E-state index contributed by atoms with van der Waals surface area (Å²) < 4.78 is 12.9. The molecule has 0 atom stereocenters. The fourth-order valence-corrected chi connectivity index (χ4v) is 1.98. The van der Waals surface area contributed by atoms with Gasteiger partial charge in [0.25, 0.3) is 5.91 Å². The molecule has 2 rings (SSSR count). The van der Waals surface area contributed by atoms with Gasteiger partial charge in [-0.2, -0.15) is 0 Å². The van der Waals surface area contributed by atoms with Gasteiger partial charge in [-0.3, -0.25) is 9.59 Å². The number of benzene rings is 1. The molecular formula is C14H17FN2O3. The molecule has 1 aliphatic rings. The Hall–Kier alpha value is -1.95. The molecule has 0 unspecified atom stereocenters. The van der Waals surface area contributed by atoms with Crippen molar-refractivity contribution in [3.8, 4) is 0 Å². The number of hydrogen-bond acceptors (Lipinski definition) is 3. The van der Waals surface area contributed by atoms with Crippen molar-refractivity contribution in [2.24, 2.45) is 0 Å². The lowest BCUT2D eigenvalue weighted by molar-refractivity contribution is -0.122. The molecule has 20 heavy (non-hydrogen) atoms. The van der Waals surface area contributed by atoms with Crippen LogP contribution in [0.4, 0.5) is 4.39 Å². The maximum absolute atomic E-state index is 12.9. The number of rotatable bonds is 5. The molecule has 1 saturated carbocycles. The van der Waals surface area contributed by atoms with E-state index in [0.29, 0.717) is 12.8 Å². The minimum absolute atomic E-state index is 0.162. The molecule has 2 amide bonds. The zero-order valence-corrected chi connectivity index (χ0v) is 11.0. The largest absolute Gasteiger partial charge is 0.388 e. The minimum Gasteiger partial charge on any atom is -0.388 e. The van der Waals surface area contributed by atoms with Crippen LogP contribution in [0.25, 0.3) is 0 Å². The standard InChI is InChI=1S/C14H17FN2O3/c15-11-4-1-3-10(7-11)13(19)16-8-12(18)17-9-14(20)5-2-6-14/h1,3-4,7,20H,2,5-6,8-9H2,(H,16,19)(H,17,18). The van der Waals surface area contributed by atoms with Crippen molar-refractivity contribution >= 4 is 11.8 Å². The molecule has 1 aliphatic carbocycles. The van der Waals surface area contributed by atoms with E-state index in [4.69, 9.17) is 0 Å². The number of nitrogens with one attached hydrogen (secondary N) is 2. The second kappa shape index (κ2) is 6.00. The summed E-state index contributed by atoms with van der Waals surface area (Å²) in [5.74, 6) is -1.40. The number of amides is 2. The average Bonchev–Trinajstić information content (AvgIpc) is 2.40. The second-order valence-electron chi connectivity index (χ2n) is 5.05. The minimum atomic E-state index is -0.789. The number of hydrogen-bond donors (Lipinski definition) is 3. The smallest absolute Gasteiger partial charge is 0.251 e. The van der Waals surface area contributed by atoms with Gasteiger partial charge in [0.15, 0.2) is 0 Å². The van der Waals surface area contributed by atoms with Gasteiger partial charge < -0.3 is 15.7 Å². The van der Waals surface area contributed by atoms with Gasteiger partial charge in [0.1, 0.15) is 5.82 Å². The van der Waals surface area contributed by atoms with Crippen LogP contribution in [0.2, 0.25) is 0 Å². The normalized spacial score (nSPS) is 16.1. The molecule has 6 heteroatoms. The van der Waals surface area contributed by atoms with Crippen molar-refractivity contribution < 1.29 is 19.1 Å². The number of halogens is 1. The van der Waals surface area contributed by atoms with Crippen molar-refractivity contribution in [3.05, 3.63) is 35.6 Å². The van der Waals surface area contributed by atoms with E-state index in [1.165, 1.54) is 18.2 Å². The van der Waals surface area contributed by atoms with Crippen LogP contribution in [0.5, 0.6) is 0 Å². The van der Waals surface area contributed by atoms with Crippen LogP contribution in [0, 0.1) is 5.82 Å². The van der Waals surface area contributed by atoms with Gasteiger partial charge in [0.2, 0.25) is 5.91 Å². The molecule has 0 radical (unpaired) electrons. The molecule has 5 nitrogen and oxygen atoms in total. The molecule has 1 aromatic carbocycles. The van der Waals surface area contributed by atoms with Gasteiger partial charge >= 0.3 is 0 Å². The van der Waals surface area contributed by atoms with E-state index in [0.717, 1.165) is 12.5 Å². The summed E-state index contributed by atoms with van der Waals surface area (Å²) in [4.78, 5) is 23.2. The molecule has 0 bridgehead atoms. The zero-order valence-electron chi connectivity index (χ0n) is 11.0. The summed E-state index contributed by atoms with van der Waals surface area (Å²) in [6.07, 6.45) is 2.33. The third kappa shape index (κ3) is 3.77. The van der Waals surface area contributed by atoms with Crippen LogP contribution >= 0.6 is 0 Å². The van der Waals surface area contributed by atoms with Gasteiger partial charge in [0.05, 0.1) is 12.1 Å². The Morgan fingerprint density at radius 2 is 2.05 bits per heavy atom. The first-order chi connectivity index (χ1) is 9.48. The Morgan fingerprint density at radius 1 is 1.30 bits per heavy atom. The molecule has 1 aromatic rings. The number of carbonyl (C=O) groups excluding carboxylic acids is 2. The highest BCUT2D eigenvalue weighted by Gasteiger charge is 2.34. The SMILES string of the molecule is O=C(CNC(=O)c1cccc(F)c1)NCC1(O)CCC1. The van der Waals surface area contributed by atoms with Crippen molar-refractivity contribution in [2.75, 3.05) is 13.1 Å². The van der Waals surface area contributed by atoms with Crippen LogP contribution in [-0.4, -0.2) is 35.6 Å². The molecular weight excluding hydrogens is 263 g/mol. The maximum atomic E-state index is 12.9. The highest BCUT2D eigenvalue weighted by Crippen LogP contribution is 2.30. The lowest BCUT2D eigenvalue weighted by Crippen LogP contribution is -2.49. The third-order valence-corrected chi connectivity index (χ3v) is 3.40. The van der Waals surface area contributed by atoms with Crippen LogP contribution in [0.15, 0.2) is 24.3 Å². The Labute approximate surface area is 116 Å². The van der Waals surface area contributed by atoms with E-state index >= 15 is 0 Å². The first kappa shape index (κ1) is 14.5. The van der Waals surface area contributed by atoms with Gasteiger partial charge in [0, 0.05) is 12.1 Å². The molecule has 0 saturated heterocycles. The fraction of sp³-hybridized carbons (Fsp3) is 0.429. The summed E-state index contributed by atoms with van der Waals surface area (Å²) in [7, 11) is 0. The summed E-state index contributed by atoms with van der Waals surface area (Å²) in [5, 5.41) is 14.8. The highest BCUT2D eigenvalue weighted by atomic mass is 19.1. The summed E-state index contributed by atoms with van der Waals surface area (Å²) in [6.45, 7) is -0.00685. The lowest BCUT2D eigenvalue weighted by atomic mass is 9.80. The first-order valence-corrected chi connectivity index (χ1v) is 6.51. The van der Waals surface area contributed by atoms with Gasteiger partial charge in [-0.25, -0.2) is 4.39 Å². The Morgan fingerprint density at radius 3 is 2.65 bits per heavy atom. The van der Waals surface area contributed by atoms with E-state index in [2.05, 4.69) is 10.6 Å². The van der Waals surface area contributed by atoms with E-state index in [1.807, 2.05) is 0 Å². The van der Waals surface area contributed by atoms with Gasteiger partial charge in [-0.15, -0.1) is 0 Å². The Bertz CT molecular complexity index is 515. The second-order valence-corrected chi connectivity index (χ2v) is 5.05. The monoisotopic (exact) mass is 280 g/mol. The van der Waals surface area contributed by atoms with Gasteiger partial charge in [-0.05, 0) is 37.5 Å². The van der Waals surface area contributed by atoms with E-state index in [9.17, 15) is 19.1 Å². The predicted octanol–water partition coefficient (Wildman–Crippen LogP) is 0.587. The Balaban J connectivity index is 1.74. The Kier molecular flexibility index (Phi) is 4.34. The number of carbonyl (C=O) groups is 2. The molecule has 3 N–H and O–H groups in total. The first-order valence-electron chi connectivity index (χ1n) is 6.51. The maximum Gasteiger partial charge on any atom is 0.251 e. The average molecular weight is 280 g/mol. The number of aliphatic hydroxyl groups is 1. The molecule has 1 fully saturated rings. The van der Waals surface area contributed by atoms with Crippen molar-refractivity contribution in [3.63, 3.8) is 0 Å². The highest BCUT2D eigenvalue weighted by molar-refractivity contribution is 5.96.